The number of ether oxygens (including phenoxy) is 2. The fourth-order valence-electron chi connectivity index (χ4n) is 5.53. The molecule has 0 bridgehead atoms. The molecule has 0 aromatic rings. The molecule has 2 atom stereocenters. The third kappa shape index (κ3) is 36.3. The van der Waals surface area contributed by atoms with Crippen molar-refractivity contribution in [1.29, 1.82) is 0 Å². The number of carbonyl (C=O) groups is 2. The predicted molar refractivity (Wildman–Crippen MR) is 206 cm³/mol. The zero-order valence-electron chi connectivity index (χ0n) is 32.1. The highest BCUT2D eigenvalue weighted by molar-refractivity contribution is 7.47. The Morgan fingerprint density at radius 2 is 1.06 bits per heavy atom. The van der Waals surface area contributed by atoms with Crippen LogP contribution in [0.25, 0.3) is 0 Å². The highest BCUT2D eigenvalue weighted by Gasteiger charge is 2.26. The molecular formula is C40H76NO8P. The fraction of sp³-hybridized carbons (Fsp3) is 0.850. The lowest BCUT2D eigenvalue weighted by atomic mass is 10.0. The fourth-order valence-corrected chi connectivity index (χ4v) is 6.30. The summed E-state index contributed by atoms with van der Waals surface area (Å²) in [6.07, 6.45) is 37.7. The minimum absolute atomic E-state index is 0.0523. The quantitative estimate of drug-likeness (QED) is 0.0275. The number of allylic oxidation sites excluding steroid dienone is 4. The molecule has 0 saturated heterocycles. The number of unbranched alkanes of at least 4 members (excludes halogenated alkanes) is 21. The number of rotatable bonds is 38. The van der Waals surface area contributed by atoms with E-state index in [1.165, 1.54) is 89.9 Å². The third-order valence-electron chi connectivity index (χ3n) is 8.59. The van der Waals surface area contributed by atoms with Gasteiger partial charge in [-0.15, -0.1) is 0 Å². The lowest BCUT2D eigenvalue weighted by molar-refractivity contribution is -0.161. The van der Waals surface area contributed by atoms with E-state index in [1.54, 1.807) is 0 Å². The van der Waals surface area contributed by atoms with Gasteiger partial charge in [-0.2, -0.15) is 0 Å². The average molecular weight is 730 g/mol. The number of phosphoric acid groups is 1. The van der Waals surface area contributed by atoms with Gasteiger partial charge in [-0.05, 0) is 38.5 Å². The Hall–Kier alpha value is -1.51. The summed E-state index contributed by atoms with van der Waals surface area (Å²) in [7, 11) is -4.37. The Kier molecular flexibility index (Phi) is 36.1. The van der Waals surface area contributed by atoms with E-state index in [2.05, 4.69) is 38.2 Å². The monoisotopic (exact) mass is 730 g/mol. The number of nitrogens with two attached hydrogens (primary N) is 1. The lowest BCUT2D eigenvalue weighted by Crippen LogP contribution is -2.29. The first-order chi connectivity index (χ1) is 24.3. The van der Waals surface area contributed by atoms with Gasteiger partial charge in [0, 0.05) is 19.4 Å². The Balaban J connectivity index is 4.19. The van der Waals surface area contributed by atoms with Gasteiger partial charge in [0.05, 0.1) is 13.2 Å². The highest BCUT2D eigenvalue weighted by atomic mass is 31.2. The minimum Gasteiger partial charge on any atom is -0.462 e. The van der Waals surface area contributed by atoms with Crippen molar-refractivity contribution in [2.24, 2.45) is 5.73 Å². The topological polar surface area (TPSA) is 134 Å². The molecule has 0 aromatic heterocycles. The van der Waals surface area contributed by atoms with E-state index in [1.807, 2.05) is 0 Å². The van der Waals surface area contributed by atoms with Gasteiger partial charge >= 0.3 is 19.8 Å². The number of esters is 2. The molecule has 294 valence electrons. The van der Waals surface area contributed by atoms with Crippen molar-refractivity contribution in [3.8, 4) is 0 Å². The SMILES string of the molecule is CCCC/C=C\C/C=C\CCCCCCCC(=O)OC(COC(=O)CCCCCCCCCCCCCCCCC)COP(=O)(O)OCCN. The smallest absolute Gasteiger partial charge is 0.462 e. The van der Waals surface area contributed by atoms with Gasteiger partial charge < -0.3 is 20.1 Å². The summed E-state index contributed by atoms with van der Waals surface area (Å²) in [5.41, 5.74) is 5.34. The molecule has 50 heavy (non-hydrogen) atoms. The van der Waals surface area contributed by atoms with Gasteiger partial charge in [0.25, 0.3) is 0 Å². The predicted octanol–water partition coefficient (Wildman–Crippen LogP) is 11.2. The molecular weight excluding hydrogens is 653 g/mol. The largest absolute Gasteiger partial charge is 0.472 e. The van der Waals surface area contributed by atoms with Crippen LogP contribution >= 0.6 is 7.82 Å². The van der Waals surface area contributed by atoms with Gasteiger partial charge in [-0.3, -0.25) is 18.6 Å². The zero-order chi connectivity index (χ0) is 36.8. The number of carbonyl (C=O) groups excluding carboxylic acids is 2. The summed E-state index contributed by atoms with van der Waals surface area (Å²) in [5.74, 6) is -0.840. The van der Waals surface area contributed by atoms with Gasteiger partial charge in [-0.1, -0.05) is 160 Å². The lowest BCUT2D eigenvalue weighted by Gasteiger charge is -2.19. The second-order valence-electron chi connectivity index (χ2n) is 13.5. The summed E-state index contributed by atoms with van der Waals surface area (Å²) in [5, 5.41) is 0. The Morgan fingerprint density at radius 3 is 1.58 bits per heavy atom. The molecule has 0 radical (unpaired) electrons. The third-order valence-corrected chi connectivity index (χ3v) is 9.57. The number of phosphoric ester groups is 1. The molecule has 0 heterocycles. The van der Waals surface area contributed by atoms with E-state index in [4.69, 9.17) is 24.3 Å². The molecule has 3 N–H and O–H groups in total. The normalized spacial score (nSPS) is 13.6. The van der Waals surface area contributed by atoms with E-state index < -0.39 is 26.5 Å². The van der Waals surface area contributed by atoms with Crippen molar-refractivity contribution in [3.05, 3.63) is 24.3 Å². The molecule has 10 heteroatoms. The van der Waals surface area contributed by atoms with Crippen molar-refractivity contribution in [1.82, 2.24) is 0 Å². The van der Waals surface area contributed by atoms with Crippen LogP contribution in [0.3, 0.4) is 0 Å². The summed E-state index contributed by atoms with van der Waals surface area (Å²) in [4.78, 5) is 34.8. The van der Waals surface area contributed by atoms with Crippen LogP contribution in [0.4, 0.5) is 0 Å². The van der Waals surface area contributed by atoms with E-state index in [0.29, 0.717) is 6.42 Å². The highest BCUT2D eigenvalue weighted by Crippen LogP contribution is 2.43. The van der Waals surface area contributed by atoms with Crippen LogP contribution in [-0.2, 0) is 32.7 Å². The van der Waals surface area contributed by atoms with Crippen molar-refractivity contribution >= 4 is 19.8 Å². The minimum atomic E-state index is -4.37. The second kappa shape index (κ2) is 37.3. The van der Waals surface area contributed by atoms with Crippen molar-refractivity contribution in [2.45, 2.75) is 193 Å². The Labute approximate surface area is 306 Å². The standard InChI is InChI=1S/C40H76NO8P/c1-3-5-7-9-11-13-15-17-19-21-22-24-26-28-30-32-39(42)46-36-38(37-48-50(44,45)47-35-34-41)49-40(43)33-31-29-27-25-23-20-18-16-14-12-10-8-6-4-2/h10,12,16,18,38H,3-9,11,13-15,17,19-37,41H2,1-2H3,(H,44,45)/b12-10-,18-16-. The molecule has 0 aromatic carbocycles. The number of hydrogen-bond acceptors (Lipinski definition) is 8. The molecule has 0 amide bonds. The molecule has 9 nitrogen and oxygen atoms in total. The van der Waals surface area contributed by atoms with Gasteiger partial charge in [0.1, 0.15) is 6.61 Å². The van der Waals surface area contributed by atoms with E-state index in [0.717, 1.165) is 64.2 Å². The van der Waals surface area contributed by atoms with E-state index in [-0.39, 0.29) is 38.6 Å². The summed E-state index contributed by atoms with van der Waals surface area (Å²) >= 11 is 0. The first-order valence-electron chi connectivity index (χ1n) is 20.3. The van der Waals surface area contributed by atoms with Crippen molar-refractivity contribution in [3.63, 3.8) is 0 Å². The molecule has 0 fully saturated rings. The molecule has 2 unspecified atom stereocenters. The zero-order valence-corrected chi connectivity index (χ0v) is 33.0. The number of hydrogen-bond donors (Lipinski definition) is 2. The maximum Gasteiger partial charge on any atom is 0.472 e. The maximum absolute atomic E-state index is 12.5. The Morgan fingerprint density at radius 1 is 0.600 bits per heavy atom. The molecule has 0 aliphatic rings. The van der Waals surface area contributed by atoms with Gasteiger partial charge in [0.2, 0.25) is 0 Å². The van der Waals surface area contributed by atoms with Gasteiger partial charge in [-0.25, -0.2) is 4.57 Å². The first kappa shape index (κ1) is 48.5. The second-order valence-corrected chi connectivity index (χ2v) is 15.0. The van der Waals surface area contributed by atoms with Crippen LogP contribution in [0.5, 0.6) is 0 Å². The van der Waals surface area contributed by atoms with E-state index in [9.17, 15) is 19.0 Å². The first-order valence-corrected chi connectivity index (χ1v) is 21.8. The van der Waals surface area contributed by atoms with Crippen molar-refractivity contribution < 1.29 is 37.6 Å². The summed E-state index contributed by atoms with van der Waals surface area (Å²) in [6.45, 7) is 3.68. The summed E-state index contributed by atoms with van der Waals surface area (Å²) < 4.78 is 32.7. The van der Waals surface area contributed by atoms with Crippen LogP contribution < -0.4 is 5.73 Å². The molecule has 0 saturated carbocycles. The van der Waals surface area contributed by atoms with Crippen LogP contribution in [0.15, 0.2) is 24.3 Å². The van der Waals surface area contributed by atoms with E-state index >= 15 is 0 Å². The van der Waals surface area contributed by atoms with Crippen LogP contribution in [0.2, 0.25) is 0 Å². The van der Waals surface area contributed by atoms with Crippen LogP contribution in [0, 0.1) is 0 Å². The summed E-state index contributed by atoms with van der Waals surface area (Å²) in [6, 6.07) is 0. The molecule has 0 rings (SSSR count). The van der Waals surface area contributed by atoms with Crippen LogP contribution in [0.1, 0.15) is 187 Å². The maximum atomic E-state index is 12.5. The molecule has 0 aliphatic carbocycles. The van der Waals surface area contributed by atoms with Crippen molar-refractivity contribution in [2.75, 3.05) is 26.4 Å². The van der Waals surface area contributed by atoms with Crippen LogP contribution in [-0.4, -0.2) is 49.3 Å². The molecule has 0 spiro atoms. The Bertz CT molecular complexity index is 881. The van der Waals surface area contributed by atoms with Gasteiger partial charge in [0.15, 0.2) is 6.10 Å². The molecule has 0 aliphatic heterocycles. The average Bonchev–Trinajstić information content (AvgIpc) is 3.10.